The first-order valence-electron chi connectivity index (χ1n) is 7.85. The van der Waals surface area contributed by atoms with Crippen LogP contribution in [0.3, 0.4) is 0 Å². The summed E-state index contributed by atoms with van der Waals surface area (Å²) in [6.45, 7) is -0.536. The van der Waals surface area contributed by atoms with E-state index in [0.717, 1.165) is 13.4 Å². The normalized spacial score (nSPS) is 12.9. The van der Waals surface area contributed by atoms with Crippen molar-refractivity contribution in [2.75, 3.05) is 19.9 Å². The number of nitrogens with zero attached hydrogens (tertiary/aromatic N) is 2. The summed E-state index contributed by atoms with van der Waals surface area (Å²) < 4.78 is 70.6. The molecular formula is C16H14ClF3N4O4S2. The molecule has 2 N–H and O–H groups in total. The molecule has 0 unspecified atom stereocenters. The van der Waals surface area contributed by atoms with Crippen LogP contribution in [0.2, 0.25) is 0 Å². The Morgan fingerprint density at radius 3 is 2.60 bits per heavy atom. The minimum atomic E-state index is -5.04. The van der Waals surface area contributed by atoms with E-state index in [1.54, 1.807) is 0 Å². The zero-order valence-electron chi connectivity index (χ0n) is 15.4. The highest BCUT2D eigenvalue weighted by Gasteiger charge is 2.38. The molecule has 0 aliphatic carbocycles. The molecule has 162 valence electrons. The van der Waals surface area contributed by atoms with Gasteiger partial charge in [-0.2, -0.15) is 17.5 Å². The number of aromatic nitrogens is 2. The van der Waals surface area contributed by atoms with E-state index >= 15 is 0 Å². The van der Waals surface area contributed by atoms with Crippen molar-refractivity contribution in [2.45, 2.75) is 11.1 Å². The summed E-state index contributed by atoms with van der Waals surface area (Å²) in [7, 11) is -2.42. The number of benzene rings is 1. The Labute approximate surface area is 178 Å². The van der Waals surface area contributed by atoms with Gasteiger partial charge in [0.1, 0.15) is 6.54 Å². The van der Waals surface area contributed by atoms with Gasteiger partial charge < -0.3 is 10.1 Å². The van der Waals surface area contributed by atoms with Gasteiger partial charge in [-0.05, 0) is 23.7 Å². The minimum absolute atomic E-state index is 0.00723. The van der Waals surface area contributed by atoms with Gasteiger partial charge in [0.25, 0.3) is 0 Å². The molecule has 0 saturated heterocycles. The topological polar surface area (TPSA) is 122 Å². The first-order valence-corrected chi connectivity index (χ1v) is 10.9. The maximum absolute atomic E-state index is 12.9. The van der Waals surface area contributed by atoms with E-state index in [1.165, 1.54) is 24.3 Å². The lowest BCUT2D eigenvalue weighted by molar-refractivity contribution is -0.139. The average Bonchev–Trinajstić information content (AvgIpc) is 3.15. The van der Waals surface area contributed by atoms with Crippen molar-refractivity contribution >= 4 is 50.3 Å². The maximum atomic E-state index is 12.9. The summed E-state index contributed by atoms with van der Waals surface area (Å²) >= 11 is 6.41. The van der Waals surface area contributed by atoms with Crippen LogP contribution in [0.15, 0.2) is 34.2 Å². The number of carbonyl (C=O) groups excluding carboxylic acids is 1. The molecule has 0 amide bonds. The zero-order chi connectivity index (χ0) is 22.7. The van der Waals surface area contributed by atoms with Crippen LogP contribution in [0, 0.1) is 5.41 Å². The summed E-state index contributed by atoms with van der Waals surface area (Å²) in [5.74, 6) is -0.762. The molecule has 0 radical (unpaired) electrons. The molecule has 0 atom stereocenters. The number of rotatable bonds is 7. The van der Waals surface area contributed by atoms with Crippen molar-refractivity contribution in [1.29, 1.82) is 5.41 Å². The second-order valence-corrected chi connectivity index (χ2v) is 8.86. The maximum Gasteiger partial charge on any atom is 0.434 e. The molecule has 1 heterocycles. The highest BCUT2D eigenvalue weighted by molar-refractivity contribution is 7.90. The quantitative estimate of drug-likeness (QED) is 0.459. The predicted molar refractivity (Wildman–Crippen MR) is 105 cm³/mol. The number of alkyl halides is 3. The van der Waals surface area contributed by atoms with Gasteiger partial charge in [0, 0.05) is 11.8 Å². The number of sulfone groups is 1. The van der Waals surface area contributed by atoms with Gasteiger partial charge >= 0.3 is 12.1 Å². The van der Waals surface area contributed by atoms with Gasteiger partial charge in [-0.1, -0.05) is 23.7 Å². The van der Waals surface area contributed by atoms with Crippen LogP contribution in [0.1, 0.15) is 5.01 Å². The Kier molecular flexibility index (Phi) is 7.21. The molecule has 0 spiro atoms. The summed E-state index contributed by atoms with van der Waals surface area (Å²) in [4.78, 5) is 15.5. The van der Waals surface area contributed by atoms with Crippen LogP contribution in [0.4, 0.5) is 13.2 Å². The molecule has 0 saturated carbocycles. The van der Waals surface area contributed by atoms with Gasteiger partial charge in [0.05, 0.1) is 22.7 Å². The first-order chi connectivity index (χ1) is 13.8. The molecule has 0 aliphatic heterocycles. The van der Waals surface area contributed by atoms with Crippen molar-refractivity contribution < 1.29 is 31.1 Å². The fourth-order valence-electron chi connectivity index (χ4n) is 2.04. The van der Waals surface area contributed by atoms with E-state index in [-0.39, 0.29) is 15.7 Å². The van der Waals surface area contributed by atoms with E-state index in [0.29, 0.717) is 17.1 Å². The van der Waals surface area contributed by atoms with Crippen LogP contribution < -0.4 is 5.32 Å². The highest BCUT2D eigenvalue weighted by Crippen LogP contribution is 2.30. The monoisotopic (exact) mass is 482 g/mol. The number of hydrogen-bond donors (Lipinski definition) is 2. The number of esters is 1. The number of carbonyl (C=O) groups is 1. The number of methoxy groups -OCH3 is 1. The van der Waals surface area contributed by atoms with E-state index in [2.05, 4.69) is 19.4 Å². The Morgan fingerprint density at radius 2 is 2.03 bits per heavy atom. The third-order valence-electron chi connectivity index (χ3n) is 3.52. The number of halogens is 4. The van der Waals surface area contributed by atoms with E-state index < -0.39 is 45.0 Å². The Hall–Kier alpha value is -2.51. The van der Waals surface area contributed by atoms with Crippen LogP contribution in [0.5, 0.6) is 0 Å². The predicted octanol–water partition coefficient (Wildman–Crippen LogP) is 2.86. The van der Waals surface area contributed by atoms with Crippen LogP contribution in [-0.2, 0) is 19.4 Å². The van der Waals surface area contributed by atoms with Gasteiger partial charge in [-0.25, -0.2) is 13.4 Å². The summed E-state index contributed by atoms with van der Waals surface area (Å²) in [5, 5.41) is 8.47. The third-order valence-corrected chi connectivity index (χ3v) is 5.74. The third kappa shape index (κ3) is 5.77. The van der Waals surface area contributed by atoms with Crippen LogP contribution in [-0.4, -0.2) is 55.5 Å². The number of hydrogen-bond acceptors (Lipinski definition) is 9. The molecule has 0 bridgehead atoms. The molecule has 30 heavy (non-hydrogen) atoms. The van der Waals surface area contributed by atoms with Crippen molar-refractivity contribution in [3.8, 4) is 11.4 Å². The standard InChI is InChI=1S/C16H14ClF3N4O4S2/c1-28-10(25)7-22-12(11(17)13(21)16(18,19)20)15-23-14(24-29-15)8-4-3-5-9(6-8)30(2,26)27/h3-6,21-22H,7H2,1-2H3/b12-11+,21-13?. The smallest absolute Gasteiger partial charge is 0.434 e. The SMILES string of the molecule is COC(=O)CN/C(=C(/Cl)C(=N)C(F)(F)F)c1nc(-c2cccc(S(C)(=O)=O)c2)ns1. The number of ether oxygens (including phenoxy) is 1. The van der Waals surface area contributed by atoms with Gasteiger partial charge in [-0.3, -0.25) is 10.2 Å². The molecule has 0 aliphatic rings. The Balaban J connectivity index is 2.50. The van der Waals surface area contributed by atoms with E-state index in [1.807, 2.05) is 0 Å². The van der Waals surface area contributed by atoms with Crippen molar-refractivity contribution in [3.05, 3.63) is 34.3 Å². The molecule has 2 aromatic rings. The number of allylic oxidation sites excluding steroid dienone is 1. The van der Waals surface area contributed by atoms with Crippen molar-refractivity contribution in [1.82, 2.24) is 14.7 Å². The lowest BCUT2D eigenvalue weighted by Gasteiger charge is -2.13. The summed E-state index contributed by atoms with van der Waals surface area (Å²) in [6.07, 6.45) is -4.02. The Morgan fingerprint density at radius 1 is 1.37 bits per heavy atom. The molecule has 8 nitrogen and oxygen atoms in total. The number of nitrogens with one attached hydrogen (secondary N) is 2. The molecule has 2 rings (SSSR count). The van der Waals surface area contributed by atoms with Gasteiger partial charge in [0.2, 0.25) is 0 Å². The summed E-state index contributed by atoms with van der Waals surface area (Å²) in [6, 6.07) is 5.67. The second-order valence-electron chi connectivity index (χ2n) is 5.71. The molecule has 0 fully saturated rings. The molecule has 1 aromatic heterocycles. The lowest BCUT2D eigenvalue weighted by atomic mass is 10.2. The van der Waals surface area contributed by atoms with Crippen LogP contribution >= 0.6 is 23.1 Å². The fraction of sp³-hybridized carbons (Fsp3) is 0.250. The largest absolute Gasteiger partial charge is 0.468 e. The van der Waals surface area contributed by atoms with Crippen molar-refractivity contribution in [2.24, 2.45) is 0 Å². The van der Waals surface area contributed by atoms with Gasteiger partial charge in [0.15, 0.2) is 26.4 Å². The fourth-order valence-corrected chi connectivity index (χ4v) is 3.74. The zero-order valence-corrected chi connectivity index (χ0v) is 17.8. The lowest BCUT2D eigenvalue weighted by Crippen LogP contribution is -2.28. The Bertz CT molecular complexity index is 1110. The average molecular weight is 483 g/mol. The van der Waals surface area contributed by atoms with Gasteiger partial charge in [-0.15, -0.1) is 0 Å². The van der Waals surface area contributed by atoms with E-state index in [9.17, 15) is 26.4 Å². The highest BCUT2D eigenvalue weighted by atomic mass is 35.5. The summed E-state index contributed by atoms with van der Waals surface area (Å²) in [5.41, 5.74) is -1.98. The molecular weight excluding hydrogens is 469 g/mol. The van der Waals surface area contributed by atoms with E-state index in [4.69, 9.17) is 17.0 Å². The van der Waals surface area contributed by atoms with Crippen LogP contribution in [0.25, 0.3) is 17.1 Å². The molecule has 1 aromatic carbocycles. The van der Waals surface area contributed by atoms with Crippen molar-refractivity contribution in [3.63, 3.8) is 0 Å². The first kappa shape index (κ1) is 23.8. The minimum Gasteiger partial charge on any atom is -0.468 e. The second kappa shape index (κ2) is 9.10. The molecule has 14 heteroatoms.